The van der Waals surface area contributed by atoms with E-state index in [1.807, 2.05) is 42.6 Å². The molecule has 3 aromatic rings. The van der Waals surface area contributed by atoms with Crippen molar-refractivity contribution in [3.05, 3.63) is 59.8 Å². The van der Waals surface area contributed by atoms with Gasteiger partial charge in [-0.15, -0.1) is 0 Å². The van der Waals surface area contributed by atoms with Gasteiger partial charge in [0.1, 0.15) is 17.5 Å². The van der Waals surface area contributed by atoms with E-state index in [4.69, 9.17) is 9.47 Å². The normalized spacial score (nSPS) is 12.1. The molecule has 136 valence electrons. The summed E-state index contributed by atoms with van der Waals surface area (Å²) >= 11 is 0. The number of fused-ring (bicyclic) bond motifs is 1. The van der Waals surface area contributed by atoms with Crippen molar-refractivity contribution in [2.24, 2.45) is 0 Å². The van der Waals surface area contributed by atoms with E-state index in [1.54, 1.807) is 20.3 Å². The van der Waals surface area contributed by atoms with Gasteiger partial charge in [-0.25, -0.2) is 0 Å². The summed E-state index contributed by atoms with van der Waals surface area (Å²) in [5.41, 5.74) is 2.85. The molecule has 1 heterocycles. The predicted octanol–water partition coefficient (Wildman–Crippen LogP) is 2.97. The molecule has 0 aliphatic heterocycles. The van der Waals surface area contributed by atoms with Gasteiger partial charge in [0, 0.05) is 41.7 Å². The minimum Gasteiger partial charge on any atom is -0.497 e. The first kappa shape index (κ1) is 17.8. The van der Waals surface area contributed by atoms with Gasteiger partial charge < -0.3 is 19.6 Å². The summed E-state index contributed by atoms with van der Waals surface area (Å²) in [5.74, 6) is 0.468. The summed E-state index contributed by atoms with van der Waals surface area (Å²) in [4.78, 5) is 14.9. The highest BCUT2D eigenvalue weighted by Gasteiger charge is 2.20. The van der Waals surface area contributed by atoms with Crippen LogP contribution in [0.1, 0.15) is 11.1 Å². The van der Waals surface area contributed by atoms with Crippen LogP contribution >= 0.6 is 0 Å². The Kier molecular flexibility index (Phi) is 5.43. The molecule has 0 radical (unpaired) electrons. The molecule has 3 rings (SSSR count). The third kappa shape index (κ3) is 3.81. The lowest BCUT2D eigenvalue weighted by Crippen LogP contribution is -2.38. The fraction of sp³-hybridized carbons (Fsp3) is 0.250. The minimum absolute atomic E-state index is 0.381. The highest BCUT2D eigenvalue weighted by Crippen LogP contribution is 2.25. The lowest BCUT2D eigenvalue weighted by atomic mass is 10.0. The summed E-state index contributed by atoms with van der Waals surface area (Å²) in [6.07, 6.45) is 2.26. The number of aromatic amines is 1. The van der Waals surface area contributed by atoms with Gasteiger partial charge in [0.15, 0.2) is 0 Å². The number of nitrogens with one attached hydrogen (secondary N) is 2. The average molecular weight is 354 g/mol. The molecule has 0 aliphatic carbocycles. The van der Waals surface area contributed by atoms with E-state index in [9.17, 15) is 9.90 Å². The Morgan fingerprint density at radius 1 is 1.15 bits per heavy atom. The zero-order chi connectivity index (χ0) is 18.5. The van der Waals surface area contributed by atoms with Crippen molar-refractivity contribution in [1.82, 2.24) is 10.3 Å². The van der Waals surface area contributed by atoms with Crippen LogP contribution in [0.2, 0.25) is 0 Å². The number of benzene rings is 2. The summed E-state index contributed by atoms with van der Waals surface area (Å²) in [5, 5.41) is 13.8. The van der Waals surface area contributed by atoms with Crippen LogP contribution in [0.4, 0.5) is 0 Å². The highest BCUT2D eigenvalue weighted by molar-refractivity contribution is 5.84. The van der Waals surface area contributed by atoms with Crippen molar-refractivity contribution in [2.75, 3.05) is 14.2 Å². The number of hydrogen-bond acceptors (Lipinski definition) is 4. The first-order valence-corrected chi connectivity index (χ1v) is 8.34. The topological polar surface area (TPSA) is 83.6 Å². The second-order valence-corrected chi connectivity index (χ2v) is 6.01. The molecule has 0 aliphatic rings. The molecule has 0 spiro atoms. The summed E-state index contributed by atoms with van der Waals surface area (Å²) < 4.78 is 10.6. The van der Waals surface area contributed by atoms with Crippen molar-refractivity contribution in [2.45, 2.75) is 19.0 Å². The molecule has 0 saturated heterocycles. The second kappa shape index (κ2) is 7.93. The molecule has 1 atom stereocenters. The molecule has 1 aromatic heterocycles. The molecule has 3 N–H and O–H groups in total. The second-order valence-electron chi connectivity index (χ2n) is 6.01. The Morgan fingerprint density at radius 2 is 1.96 bits per heavy atom. The van der Waals surface area contributed by atoms with Gasteiger partial charge >= 0.3 is 5.97 Å². The van der Waals surface area contributed by atoms with Crippen molar-refractivity contribution in [3.8, 4) is 11.5 Å². The molecule has 0 unspecified atom stereocenters. The Balaban J connectivity index is 1.74. The van der Waals surface area contributed by atoms with E-state index < -0.39 is 12.0 Å². The van der Waals surface area contributed by atoms with Gasteiger partial charge in [-0.3, -0.25) is 10.1 Å². The van der Waals surface area contributed by atoms with E-state index in [1.165, 1.54) is 0 Å². The van der Waals surface area contributed by atoms with Gasteiger partial charge in [0.25, 0.3) is 0 Å². The molecule has 6 heteroatoms. The number of ether oxygens (including phenoxy) is 2. The van der Waals surface area contributed by atoms with Crippen LogP contribution in [-0.4, -0.2) is 36.3 Å². The summed E-state index contributed by atoms with van der Waals surface area (Å²) in [6.45, 7) is 0.381. The molecule has 26 heavy (non-hydrogen) atoms. The molecule has 0 amide bonds. The van der Waals surface area contributed by atoms with E-state index in [-0.39, 0.29) is 0 Å². The fourth-order valence-electron chi connectivity index (χ4n) is 3.00. The third-order valence-corrected chi connectivity index (χ3v) is 4.43. The minimum atomic E-state index is -0.886. The van der Waals surface area contributed by atoms with Gasteiger partial charge in [0.2, 0.25) is 0 Å². The maximum absolute atomic E-state index is 11.7. The van der Waals surface area contributed by atoms with Crippen LogP contribution in [0.5, 0.6) is 11.5 Å². The molecular formula is C20H22N2O4. The number of carbonyl (C=O) groups is 1. The monoisotopic (exact) mass is 354 g/mol. The Bertz CT molecular complexity index is 904. The molecule has 0 saturated carbocycles. The van der Waals surface area contributed by atoms with Crippen LogP contribution in [0.15, 0.2) is 48.7 Å². The molecular weight excluding hydrogens is 332 g/mol. The zero-order valence-electron chi connectivity index (χ0n) is 14.8. The maximum Gasteiger partial charge on any atom is 0.321 e. The van der Waals surface area contributed by atoms with Crippen LogP contribution in [-0.2, 0) is 17.8 Å². The molecule has 2 aromatic carbocycles. The van der Waals surface area contributed by atoms with Crippen molar-refractivity contribution < 1.29 is 19.4 Å². The Hall–Kier alpha value is -2.99. The van der Waals surface area contributed by atoms with Crippen LogP contribution in [0, 0.1) is 0 Å². The highest BCUT2D eigenvalue weighted by atomic mass is 16.5. The smallest absolute Gasteiger partial charge is 0.321 e. The SMILES string of the molecule is COc1ccc(CN[C@H](Cc2c[nH]c3ccccc23)C(=O)O)c(OC)c1. The van der Waals surface area contributed by atoms with E-state index in [0.717, 1.165) is 22.0 Å². The molecule has 0 bridgehead atoms. The number of aliphatic carboxylic acids is 1. The summed E-state index contributed by atoms with van der Waals surface area (Å²) in [7, 11) is 3.17. The standard InChI is InChI=1S/C20H22N2O4/c1-25-15-8-7-13(19(10-15)26-2)11-22-18(20(23)24)9-14-12-21-17-6-4-3-5-16(14)17/h3-8,10,12,18,21-22H,9,11H2,1-2H3,(H,23,24)/t18-/m1/s1. The van der Waals surface area contributed by atoms with Crippen LogP contribution < -0.4 is 14.8 Å². The number of H-pyrrole nitrogens is 1. The number of carboxylic acids is 1. The van der Waals surface area contributed by atoms with Gasteiger partial charge in [0.05, 0.1) is 14.2 Å². The number of carboxylic acid groups (broad SMARTS) is 1. The van der Waals surface area contributed by atoms with E-state index in [0.29, 0.717) is 24.5 Å². The van der Waals surface area contributed by atoms with Crippen LogP contribution in [0.25, 0.3) is 10.9 Å². The lowest BCUT2D eigenvalue weighted by molar-refractivity contribution is -0.139. The van der Waals surface area contributed by atoms with Crippen molar-refractivity contribution in [1.29, 1.82) is 0 Å². The first-order chi connectivity index (χ1) is 12.6. The Morgan fingerprint density at radius 3 is 2.69 bits per heavy atom. The van der Waals surface area contributed by atoms with E-state index in [2.05, 4.69) is 10.3 Å². The fourth-order valence-corrected chi connectivity index (χ4v) is 3.00. The maximum atomic E-state index is 11.7. The number of rotatable bonds is 8. The van der Waals surface area contributed by atoms with Gasteiger partial charge in [-0.1, -0.05) is 24.3 Å². The summed E-state index contributed by atoms with van der Waals surface area (Å²) in [6, 6.07) is 12.6. The Labute approximate surface area is 151 Å². The van der Waals surface area contributed by atoms with Gasteiger partial charge in [-0.05, 0) is 17.7 Å². The first-order valence-electron chi connectivity index (χ1n) is 8.34. The number of aromatic nitrogens is 1. The van der Waals surface area contributed by atoms with E-state index >= 15 is 0 Å². The van der Waals surface area contributed by atoms with Crippen molar-refractivity contribution >= 4 is 16.9 Å². The molecule has 0 fully saturated rings. The van der Waals surface area contributed by atoms with Crippen LogP contribution in [0.3, 0.4) is 0 Å². The number of hydrogen-bond donors (Lipinski definition) is 3. The van der Waals surface area contributed by atoms with Gasteiger partial charge in [-0.2, -0.15) is 0 Å². The average Bonchev–Trinajstić information content (AvgIpc) is 3.07. The van der Waals surface area contributed by atoms with Crippen molar-refractivity contribution in [3.63, 3.8) is 0 Å². The predicted molar refractivity (Wildman–Crippen MR) is 99.8 cm³/mol. The number of para-hydroxylation sites is 1. The third-order valence-electron chi connectivity index (χ3n) is 4.43. The molecule has 6 nitrogen and oxygen atoms in total. The number of methoxy groups -OCH3 is 2. The quantitative estimate of drug-likeness (QED) is 0.579. The largest absolute Gasteiger partial charge is 0.497 e. The zero-order valence-corrected chi connectivity index (χ0v) is 14.8. The lowest BCUT2D eigenvalue weighted by Gasteiger charge is -2.16.